The van der Waals surface area contributed by atoms with Crippen LogP contribution in [0.4, 0.5) is 0 Å². The molecule has 19 heavy (non-hydrogen) atoms. The number of nitrogens with zero attached hydrogens (tertiary/aromatic N) is 1. The first-order chi connectivity index (χ1) is 8.94. The molecular weight excluding hydrogens is 292 g/mol. The summed E-state index contributed by atoms with van der Waals surface area (Å²) in [6, 6.07) is 4.89. The molecule has 6 nitrogen and oxygen atoms in total. The van der Waals surface area contributed by atoms with Crippen molar-refractivity contribution in [3.63, 3.8) is 0 Å². The fraction of sp³-hybridized carbons (Fsp3) is 0.364. The molecular formula is C11H13ClN2O4S. The van der Waals surface area contributed by atoms with Gasteiger partial charge in [-0.1, -0.05) is 23.7 Å². The number of carboxylic acid groups (broad SMARTS) is 1. The number of carbonyl (C=O) groups is 1. The van der Waals surface area contributed by atoms with Crippen molar-refractivity contribution >= 4 is 27.6 Å². The molecule has 104 valence electrons. The number of rotatable bonds is 3. The SMILES string of the molecule is O=C(O)C1CNCCN1S(=O)(=O)c1ccccc1Cl. The molecule has 0 radical (unpaired) electrons. The molecule has 0 aliphatic carbocycles. The van der Waals surface area contributed by atoms with Crippen LogP contribution in [0.1, 0.15) is 0 Å². The number of sulfonamides is 1. The van der Waals surface area contributed by atoms with Crippen molar-refractivity contribution in [2.45, 2.75) is 10.9 Å². The Morgan fingerprint density at radius 1 is 1.42 bits per heavy atom. The maximum Gasteiger partial charge on any atom is 0.323 e. The fourth-order valence-corrected chi connectivity index (χ4v) is 4.04. The van der Waals surface area contributed by atoms with Crippen LogP contribution in [0.5, 0.6) is 0 Å². The molecule has 1 atom stereocenters. The highest BCUT2D eigenvalue weighted by atomic mass is 35.5. The number of halogens is 1. The molecule has 1 saturated heterocycles. The van der Waals surface area contributed by atoms with Crippen LogP contribution in [0.3, 0.4) is 0 Å². The third-order valence-corrected chi connectivity index (χ3v) is 5.31. The van der Waals surface area contributed by atoms with Crippen LogP contribution in [0.2, 0.25) is 5.02 Å². The Morgan fingerprint density at radius 2 is 2.11 bits per heavy atom. The molecule has 8 heteroatoms. The summed E-state index contributed by atoms with van der Waals surface area (Å²) < 4.78 is 25.9. The second kappa shape index (κ2) is 5.46. The highest BCUT2D eigenvalue weighted by molar-refractivity contribution is 7.89. The molecule has 0 amide bonds. The molecule has 0 aromatic heterocycles. The van der Waals surface area contributed by atoms with Crippen molar-refractivity contribution in [1.82, 2.24) is 9.62 Å². The zero-order chi connectivity index (χ0) is 14.0. The molecule has 1 aliphatic heterocycles. The lowest BCUT2D eigenvalue weighted by Gasteiger charge is -2.32. The number of hydrogen-bond donors (Lipinski definition) is 2. The van der Waals surface area contributed by atoms with Crippen molar-refractivity contribution in [1.29, 1.82) is 0 Å². The van der Waals surface area contributed by atoms with Gasteiger partial charge >= 0.3 is 5.97 Å². The molecule has 1 fully saturated rings. The van der Waals surface area contributed by atoms with Gasteiger partial charge in [-0.15, -0.1) is 0 Å². The van der Waals surface area contributed by atoms with Gasteiger partial charge in [-0.05, 0) is 12.1 Å². The Labute approximate surface area is 116 Å². The van der Waals surface area contributed by atoms with E-state index >= 15 is 0 Å². The minimum atomic E-state index is -3.91. The lowest BCUT2D eigenvalue weighted by molar-refractivity contribution is -0.141. The Balaban J connectivity index is 2.43. The summed E-state index contributed by atoms with van der Waals surface area (Å²) in [6.07, 6.45) is 0. The van der Waals surface area contributed by atoms with Crippen molar-refractivity contribution in [2.75, 3.05) is 19.6 Å². The van der Waals surface area contributed by atoms with E-state index in [1.54, 1.807) is 12.1 Å². The van der Waals surface area contributed by atoms with Crippen LogP contribution in [-0.2, 0) is 14.8 Å². The molecule has 2 rings (SSSR count). The molecule has 1 aliphatic rings. The van der Waals surface area contributed by atoms with E-state index in [1.807, 2.05) is 0 Å². The van der Waals surface area contributed by atoms with E-state index in [2.05, 4.69) is 5.32 Å². The zero-order valence-electron chi connectivity index (χ0n) is 9.91. The van der Waals surface area contributed by atoms with Crippen LogP contribution in [0.15, 0.2) is 29.2 Å². The topological polar surface area (TPSA) is 86.7 Å². The predicted octanol–water partition coefficient (Wildman–Crippen LogP) is 0.387. The number of nitrogens with one attached hydrogen (secondary N) is 1. The second-order valence-corrected chi connectivity index (χ2v) is 6.37. The Morgan fingerprint density at radius 3 is 2.74 bits per heavy atom. The summed E-state index contributed by atoms with van der Waals surface area (Å²) in [4.78, 5) is 11.1. The number of piperazine rings is 1. The van der Waals surface area contributed by atoms with Gasteiger partial charge in [0.25, 0.3) is 0 Å². The summed E-state index contributed by atoms with van der Waals surface area (Å²) in [5.74, 6) is -1.18. The van der Waals surface area contributed by atoms with Gasteiger partial charge in [0.05, 0.1) is 5.02 Å². The zero-order valence-corrected chi connectivity index (χ0v) is 11.5. The monoisotopic (exact) mass is 304 g/mol. The van der Waals surface area contributed by atoms with E-state index in [-0.39, 0.29) is 23.0 Å². The smallest absolute Gasteiger partial charge is 0.323 e. The first-order valence-electron chi connectivity index (χ1n) is 5.64. The molecule has 0 saturated carbocycles. The summed E-state index contributed by atoms with van der Waals surface area (Å²) in [6.45, 7) is 0.594. The third-order valence-electron chi connectivity index (χ3n) is 2.90. The molecule has 0 spiro atoms. The molecule has 1 unspecified atom stereocenters. The van der Waals surface area contributed by atoms with Crippen molar-refractivity contribution in [2.24, 2.45) is 0 Å². The van der Waals surface area contributed by atoms with Gasteiger partial charge in [-0.2, -0.15) is 4.31 Å². The number of carboxylic acids is 1. The summed E-state index contributed by atoms with van der Waals surface area (Å²) in [7, 11) is -3.91. The summed E-state index contributed by atoms with van der Waals surface area (Å²) >= 11 is 5.89. The number of aliphatic carboxylic acids is 1. The first kappa shape index (κ1) is 14.3. The Hall–Kier alpha value is -1.15. The van der Waals surface area contributed by atoms with Gasteiger partial charge in [0.15, 0.2) is 0 Å². The lowest BCUT2D eigenvalue weighted by atomic mass is 10.2. The van der Waals surface area contributed by atoms with Crippen LogP contribution in [0, 0.1) is 0 Å². The lowest BCUT2D eigenvalue weighted by Crippen LogP contribution is -2.56. The van der Waals surface area contributed by atoms with Crippen LogP contribution in [0.25, 0.3) is 0 Å². The van der Waals surface area contributed by atoms with E-state index in [4.69, 9.17) is 16.7 Å². The number of hydrogen-bond acceptors (Lipinski definition) is 4. The first-order valence-corrected chi connectivity index (χ1v) is 7.46. The maximum absolute atomic E-state index is 12.5. The van der Waals surface area contributed by atoms with Crippen molar-refractivity contribution in [3.8, 4) is 0 Å². The van der Waals surface area contributed by atoms with Crippen LogP contribution < -0.4 is 5.32 Å². The molecule has 1 heterocycles. The normalized spacial score (nSPS) is 21.2. The van der Waals surface area contributed by atoms with Gasteiger partial charge in [0, 0.05) is 19.6 Å². The van der Waals surface area contributed by atoms with E-state index in [0.717, 1.165) is 4.31 Å². The van der Waals surface area contributed by atoms with Crippen molar-refractivity contribution < 1.29 is 18.3 Å². The van der Waals surface area contributed by atoms with Gasteiger partial charge in [0.1, 0.15) is 10.9 Å². The van der Waals surface area contributed by atoms with Gasteiger partial charge < -0.3 is 10.4 Å². The minimum absolute atomic E-state index is 0.0650. The molecule has 1 aromatic carbocycles. The average Bonchev–Trinajstić information content (AvgIpc) is 2.39. The fourth-order valence-electron chi connectivity index (χ4n) is 1.96. The van der Waals surface area contributed by atoms with E-state index in [1.165, 1.54) is 12.1 Å². The largest absolute Gasteiger partial charge is 0.480 e. The third kappa shape index (κ3) is 2.74. The quantitative estimate of drug-likeness (QED) is 0.843. The number of benzene rings is 1. The van der Waals surface area contributed by atoms with Crippen LogP contribution in [-0.4, -0.2) is 49.5 Å². The second-order valence-electron chi connectivity index (χ2n) is 4.10. The Kier molecular flexibility index (Phi) is 4.10. The van der Waals surface area contributed by atoms with Gasteiger partial charge in [-0.25, -0.2) is 8.42 Å². The van der Waals surface area contributed by atoms with Crippen molar-refractivity contribution in [3.05, 3.63) is 29.3 Å². The molecule has 0 bridgehead atoms. The molecule has 2 N–H and O–H groups in total. The maximum atomic E-state index is 12.5. The highest BCUT2D eigenvalue weighted by Gasteiger charge is 2.38. The average molecular weight is 305 g/mol. The Bertz CT molecular complexity index is 590. The predicted molar refractivity (Wildman–Crippen MR) is 69.6 cm³/mol. The minimum Gasteiger partial charge on any atom is -0.480 e. The van der Waals surface area contributed by atoms with Gasteiger partial charge in [0.2, 0.25) is 10.0 Å². The van der Waals surface area contributed by atoms with E-state index < -0.39 is 22.0 Å². The van der Waals surface area contributed by atoms with Gasteiger partial charge in [-0.3, -0.25) is 4.79 Å². The summed E-state index contributed by atoms with van der Waals surface area (Å²) in [5.41, 5.74) is 0. The summed E-state index contributed by atoms with van der Waals surface area (Å²) in [5, 5.41) is 12.1. The highest BCUT2D eigenvalue weighted by Crippen LogP contribution is 2.26. The van der Waals surface area contributed by atoms with E-state index in [0.29, 0.717) is 6.54 Å². The van der Waals surface area contributed by atoms with Crippen LogP contribution >= 0.6 is 11.6 Å². The molecule has 1 aromatic rings. The standard InChI is InChI=1S/C11H13ClN2O4S/c12-8-3-1-2-4-10(8)19(17,18)14-6-5-13-7-9(14)11(15)16/h1-4,9,13H,5-7H2,(H,15,16). The van der Waals surface area contributed by atoms with E-state index in [9.17, 15) is 13.2 Å².